The van der Waals surface area contributed by atoms with Gasteiger partial charge in [-0.25, -0.2) is 0 Å². The third-order valence-corrected chi connectivity index (χ3v) is 91.3. The highest BCUT2D eigenvalue weighted by molar-refractivity contribution is 6.95. The van der Waals surface area contributed by atoms with E-state index in [2.05, 4.69) is 283 Å². The molecule has 8 atom stereocenters. The van der Waals surface area contributed by atoms with E-state index in [0.29, 0.717) is 26.2 Å². The summed E-state index contributed by atoms with van der Waals surface area (Å²) in [5.41, 5.74) is 22.5. The van der Waals surface area contributed by atoms with Crippen LogP contribution < -0.4 is 44.2 Å². The van der Waals surface area contributed by atoms with Gasteiger partial charge in [0.25, 0.3) is 0 Å². The van der Waals surface area contributed by atoms with Gasteiger partial charge in [0.1, 0.15) is 0 Å². The van der Waals surface area contributed by atoms with E-state index in [0.717, 1.165) is 203 Å². The lowest BCUT2D eigenvalue weighted by Gasteiger charge is -2.44. The van der Waals surface area contributed by atoms with Crippen LogP contribution >= 0.6 is 0 Å². The van der Waals surface area contributed by atoms with Crippen LogP contribution in [0, 0.1) is 0 Å². The molecule has 0 amide bonds. The molecule has 0 saturated heterocycles. The molecule has 0 heterocycles. The van der Waals surface area contributed by atoms with Crippen LogP contribution in [0.25, 0.3) is 0 Å². The van der Waals surface area contributed by atoms with Crippen molar-refractivity contribution in [2.45, 2.75) is 413 Å². The highest BCUT2D eigenvalue weighted by Gasteiger charge is 2.54. The van der Waals surface area contributed by atoms with E-state index in [4.69, 9.17) is 88.8 Å². The number of aliphatic hydroxyl groups is 4. The summed E-state index contributed by atoms with van der Waals surface area (Å²) in [6.45, 7) is 99.0. The van der Waals surface area contributed by atoms with Crippen LogP contribution in [-0.4, -0.2) is 295 Å². The first kappa shape index (κ1) is 137. The maximum atomic E-state index is 9.17. The summed E-state index contributed by atoms with van der Waals surface area (Å²) in [6.07, 6.45) is 15.3. The zero-order chi connectivity index (χ0) is 100. The molecule has 776 valence electrons. The number of nitrogens with one attached hydrogen (secondary N) is 4. The van der Waals surface area contributed by atoms with Crippen molar-refractivity contribution < 1.29 is 86.3 Å². The standard InChI is InChI=1S/4C20H54N2O5Si5/c4*1-28(2,3)24-30(7,8)26-32(10,20-14-16-22-17-15-21)27-31(9,25-29(4,5)6)19-13-11-12-18-23/h4*22-23H,11-21H2,1-10H3. The van der Waals surface area contributed by atoms with E-state index in [-0.39, 0.29) is 26.4 Å². The van der Waals surface area contributed by atoms with E-state index in [1.54, 1.807) is 0 Å². The smallest absolute Gasteiger partial charge is 0.317 e. The largest absolute Gasteiger partial charge is 0.437 e. The third-order valence-electron chi connectivity index (χ3n) is 18.2. The first-order chi connectivity index (χ1) is 57.8. The van der Waals surface area contributed by atoms with Crippen molar-refractivity contribution in [1.82, 2.24) is 21.3 Å². The van der Waals surface area contributed by atoms with Crippen molar-refractivity contribution in [2.75, 3.05) is 105 Å². The Morgan fingerprint density at radius 2 is 0.289 bits per heavy atom. The van der Waals surface area contributed by atoms with Gasteiger partial charge in [0, 0.05) is 78.8 Å². The van der Waals surface area contributed by atoms with Crippen LogP contribution in [0.2, 0.25) is 310 Å². The predicted molar refractivity (Wildman–Crippen MR) is 595 cm³/mol. The molecule has 28 nitrogen and oxygen atoms in total. The second-order valence-corrected chi connectivity index (χ2v) is 126. The maximum Gasteiger partial charge on any atom is 0.317 e. The molecule has 128 heavy (non-hydrogen) atoms. The Labute approximate surface area is 811 Å². The van der Waals surface area contributed by atoms with E-state index in [1.807, 2.05) is 0 Å². The van der Waals surface area contributed by atoms with Crippen LogP contribution in [0.1, 0.15) is 103 Å². The van der Waals surface area contributed by atoms with Crippen LogP contribution in [0.15, 0.2) is 0 Å². The summed E-state index contributed by atoms with van der Waals surface area (Å²) in [6, 6.07) is 7.37. The number of unbranched alkanes of at least 4 members (excludes halogenated alkanes) is 8. The van der Waals surface area contributed by atoms with Crippen molar-refractivity contribution in [3.63, 3.8) is 0 Å². The number of hydrogen-bond donors (Lipinski definition) is 12. The SMILES string of the molecule is C[Si](C)(C)O[Si](C)(C)O[Si](C)(CCCNCCN)O[Si](C)(CCCCCO)O[Si](C)(C)C.C[Si](C)(C)O[Si](C)(C)O[Si](C)(CCCNCCN)O[Si](C)(CCCCCO)O[Si](C)(C)C.C[Si](C)(C)O[Si](C)(C)O[Si](C)(CCCNCCN)O[Si](C)(CCCCCO)O[Si](C)(C)C.C[Si](C)(C)O[Si](C)(C)O[Si](C)(CCCNCCN)O[Si](C)(CCCCCO)O[Si](C)(C)C. The average Bonchev–Trinajstić information content (AvgIpc) is 0.814. The summed E-state index contributed by atoms with van der Waals surface area (Å²) < 4.78 is 109. The van der Waals surface area contributed by atoms with Gasteiger partial charge in [-0.1, -0.05) is 51.4 Å². The van der Waals surface area contributed by atoms with Crippen molar-refractivity contribution in [3.8, 4) is 0 Å². The molecule has 0 spiro atoms. The minimum Gasteiger partial charge on any atom is -0.437 e. The molecule has 8 unspecified atom stereocenters. The fourth-order valence-electron chi connectivity index (χ4n) is 16.5. The topological polar surface area (TPSA) is 381 Å². The minimum atomic E-state index is -2.55. The lowest BCUT2D eigenvalue weighted by Crippen LogP contribution is -2.60. The lowest BCUT2D eigenvalue weighted by molar-refractivity contribution is 0.276. The normalized spacial score (nSPS) is 17.2. The van der Waals surface area contributed by atoms with Crippen molar-refractivity contribution in [2.24, 2.45) is 22.9 Å². The summed E-state index contributed by atoms with van der Waals surface area (Å²) in [5.74, 6) is 0. The molecule has 48 heteroatoms. The van der Waals surface area contributed by atoms with Crippen molar-refractivity contribution >= 4 is 169 Å². The molecule has 0 aliphatic carbocycles. The molecule has 0 rings (SSSR count). The number of rotatable bonds is 76. The quantitative estimate of drug-likeness (QED) is 0.0199. The van der Waals surface area contributed by atoms with Gasteiger partial charge in [0.15, 0.2) is 66.5 Å². The Bertz CT molecular complexity index is 2440. The molecule has 0 aliphatic heterocycles. The molecular weight excluding hydrogens is 1950 g/mol. The number of hydrogen-bond acceptors (Lipinski definition) is 28. The lowest BCUT2D eigenvalue weighted by atomic mass is 10.3. The van der Waals surface area contributed by atoms with Crippen LogP contribution in [-0.2, 0) is 65.8 Å². The summed E-state index contributed by atoms with van der Waals surface area (Å²) in [5, 5.41) is 50.3. The van der Waals surface area contributed by atoms with E-state index in [1.165, 1.54) is 0 Å². The van der Waals surface area contributed by atoms with Gasteiger partial charge in [-0.15, -0.1) is 0 Å². The molecule has 0 aromatic carbocycles. The van der Waals surface area contributed by atoms with Crippen molar-refractivity contribution in [1.29, 1.82) is 0 Å². The van der Waals surface area contributed by atoms with Crippen LogP contribution in [0.4, 0.5) is 0 Å². The molecule has 0 fully saturated rings. The monoisotopic (exact) mass is 2170 g/mol. The minimum absolute atomic E-state index is 0.243. The van der Waals surface area contributed by atoms with Gasteiger partial charge in [0.05, 0.1) is 0 Å². The molecule has 0 saturated carbocycles. The Morgan fingerprint density at radius 3 is 0.414 bits per heavy atom. The first-order valence-electron chi connectivity index (χ1n) is 49.1. The Hall–Kier alpha value is 3.22. The Balaban J connectivity index is -0.000000801. The van der Waals surface area contributed by atoms with Gasteiger partial charge in [0.2, 0.25) is 0 Å². The fourth-order valence-corrected chi connectivity index (χ4v) is 112. The molecule has 16 N–H and O–H groups in total. The predicted octanol–water partition coefficient (Wildman–Crippen LogP) is 18.7. The van der Waals surface area contributed by atoms with Gasteiger partial charge in [-0.2, -0.15) is 0 Å². The maximum absolute atomic E-state index is 9.17. The van der Waals surface area contributed by atoms with Crippen LogP contribution in [0.3, 0.4) is 0 Å². The van der Waals surface area contributed by atoms with E-state index >= 15 is 0 Å². The van der Waals surface area contributed by atoms with E-state index in [9.17, 15) is 20.4 Å². The Morgan fingerprint density at radius 1 is 0.156 bits per heavy atom. The van der Waals surface area contributed by atoms with Crippen LogP contribution in [0.5, 0.6) is 0 Å². The van der Waals surface area contributed by atoms with Gasteiger partial charge in [-0.3, -0.25) is 0 Å². The molecular formula is C80H216N8O20Si20. The summed E-state index contributed by atoms with van der Waals surface area (Å²) in [7, 11) is -43.5. The van der Waals surface area contributed by atoms with Gasteiger partial charge in [-0.05, 0) is 388 Å². The van der Waals surface area contributed by atoms with Gasteiger partial charge < -0.3 is 130 Å². The second kappa shape index (κ2) is 64.8. The highest BCUT2D eigenvalue weighted by Crippen LogP contribution is 2.38. The number of aliphatic hydroxyl groups excluding tert-OH is 4. The van der Waals surface area contributed by atoms with Gasteiger partial charge >= 0.3 is 103 Å². The van der Waals surface area contributed by atoms with Crippen molar-refractivity contribution in [3.05, 3.63) is 0 Å². The zero-order valence-electron chi connectivity index (χ0n) is 90.9. The molecule has 0 aliphatic rings. The zero-order valence-corrected chi connectivity index (χ0v) is 111. The molecule has 0 bridgehead atoms. The molecule has 0 radical (unpaired) electrons. The van der Waals surface area contributed by atoms with E-state index < -0.39 is 169 Å². The summed E-state index contributed by atoms with van der Waals surface area (Å²) >= 11 is 0. The Kier molecular flexibility index (Phi) is 69.6. The first-order valence-corrected chi connectivity index (χ1v) is 108. The number of nitrogens with two attached hydrogens (primary N) is 4. The average molecular weight is 2170 g/mol. The highest BCUT2D eigenvalue weighted by atomic mass is 28.5. The second-order valence-electron chi connectivity index (χ2n) is 45.9. The molecule has 0 aromatic heterocycles. The third kappa shape index (κ3) is 83.8. The summed E-state index contributed by atoms with van der Waals surface area (Å²) in [4.78, 5) is 0. The fraction of sp³-hybridized carbons (Fsp3) is 1.00. The molecule has 0 aromatic rings.